The lowest BCUT2D eigenvalue weighted by molar-refractivity contribution is 1.63. The lowest BCUT2D eigenvalue weighted by atomic mass is 10.2. The van der Waals surface area contributed by atoms with Crippen molar-refractivity contribution in [3.05, 3.63) is 54.0 Å². The molecular formula is C11H12S. The van der Waals surface area contributed by atoms with E-state index in [4.69, 9.17) is 0 Å². The summed E-state index contributed by atoms with van der Waals surface area (Å²) < 4.78 is 0. The van der Waals surface area contributed by atoms with Crippen LogP contribution in [-0.2, 0) is 0 Å². The summed E-state index contributed by atoms with van der Waals surface area (Å²) in [5, 5.41) is 1.85. The monoisotopic (exact) mass is 176 g/mol. The van der Waals surface area contributed by atoms with Gasteiger partial charge in [0.1, 0.15) is 0 Å². The molecule has 62 valence electrons. The van der Waals surface area contributed by atoms with E-state index in [0.717, 1.165) is 0 Å². The highest BCUT2D eigenvalue weighted by atomic mass is 32.2. The fourth-order valence-corrected chi connectivity index (χ4v) is 1.58. The van der Waals surface area contributed by atoms with Gasteiger partial charge in [-0.25, -0.2) is 0 Å². The van der Waals surface area contributed by atoms with Crippen molar-refractivity contribution in [2.45, 2.75) is 6.92 Å². The van der Waals surface area contributed by atoms with Crippen molar-refractivity contribution in [3.8, 4) is 0 Å². The van der Waals surface area contributed by atoms with Crippen LogP contribution in [0.5, 0.6) is 0 Å². The molecule has 0 unspecified atom stereocenters. The number of hydrogen-bond acceptors (Lipinski definition) is 1. The number of allylic oxidation sites excluding steroid dienone is 1. The van der Waals surface area contributed by atoms with Gasteiger partial charge < -0.3 is 0 Å². The smallest absolute Gasteiger partial charge is 0.0145 e. The zero-order valence-electron chi connectivity index (χ0n) is 7.16. The third-order valence-electron chi connectivity index (χ3n) is 1.53. The van der Waals surface area contributed by atoms with Gasteiger partial charge in [0.25, 0.3) is 0 Å². The molecule has 1 rings (SSSR count). The second-order valence-electron chi connectivity index (χ2n) is 2.30. The van der Waals surface area contributed by atoms with Gasteiger partial charge in [0.2, 0.25) is 0 Å². The molecule has 0 N–H and O–H groups in total. The molecule has 0 aromatic heterocycles. The molecule has 0 nitrogen and oxygen atoms in total. The van der Waals surface area contributed by atoms with Crippen LogP contribution in [0.3, 0.4) is 0 Å². The molecule has 0 radical (unpaired) electrons. The van der Waals surface area contributed by atoms with Crippen LogP contribution in [0, 0.1) is 0 Å². The first-order valence-corrected chi connectivity index (χ1v) is 4.75. The molecule has 0 aliphatic rings. The van der Waals surface area contributed by atoms with Gasteiger partial charge in [-0.05, 0) is 17.9 Å². The molecule has 0 aliphatic heterocycles. The summed E-state index contributed by atoms with van der Waals surface area (Å²) in [5.41, 5.74) is 1.25. The van der Waals surface area contributed by atoms with E-state index in [2.05, 4.69) is 24.8 Å². The van der Waals surface area contributed by atoms with Crippen LogP contribution in [0.25, 0.3) is 4.91 Å². The average molecular weight is 176 g/mol. The van der Waals surface area contributed by atoms with Crippen LogP contribution in [-0.4, -0.2) is 0 Å². The minimum Gasteiger partial charge on any atom is -0.0984 e. The minimum atomic E-state index is 1.25. The zero-order chi connectivity index (χ0) is 8.81. The van der Waals surface area contributed by atoms with E-state index in [1.807, 2.05) is 30.5 Å². The van der Waals surface area contributed by atoms with Crippen LogP contribution in [0.4, 0.5) is 0 Å². The summed E-state index contributed by atoms with van der Waals surface area (Å²) in [6.45, 7) is 5.74. The number of benzene rings is 1. The lowest BCUT2D eigenvalue weighted by Crippen LogP contribution is -1.75. The molecule has 1 aromatic carbocycles. The van der Waals surface area contributed by atoms with Gasteiger partial charge in [0.15, 0.2) is 0 Å². The van der Waals surface area contributed by atoms with Gasteiger partial charge in [-0.1, -0.05) is 54.7 Å². The highest BCUT2D eigenvalue weighted by Gasteiger charge is 1.96. The Morgan fingerprint density at radius 2 is 2.00 bits per heavy atom. The SMILES string of the molecule is C=CS/C(=C\C)c1ccccc1. The Labute approximate surface area is 78.0 Å². The summed E-state index contributed by atoms with van der Waals surface area (Å²) in [5.74, 6) is 0. The molecule has 0 heterocycles. The van der Waals surface area contributed by atoms with E-state index in [-0.39, 0.29) is 0 Å². The molecule has 0 bridgehead atoms. The highest BCUT2D eigenvalue weighted by Crippen LogP contribution is 2.27. The maximum atomic E-state index is 3.70. The Morgan fingerprint density at radius 1 is 1.33 bits per heavy atom. The van der Waals surface area contributed by atoms with Gasteiger partial charge in [-0.15, -0.1) is 0 Å². The Hall–Kier alpha value is -0.950. The molecule has 1 aromatic rings. The van der Waals surface area contributed by atoms with Crippen molar-refractivity contribution in [3.63, 3.8) is 0 Å². The van der Waals surface area contributed by atoms with Gasteiger partial charge in [-0.2, -0.15) is 0 Å². The van der Waals surface area contributed by atoms with E-state index < -0.39 is 0 Å². The van der Waals surface area contributed by atoms with Crippen molar-refractivity contribution >= 4 is 16.7 Å². The van der Waals surface area contributed by atoms with E-state index in [1.54, 1.807) is 11.8 Å². The second kappa shape index (κ2) is 4.83. The van der Waals surface area contributed by atoms with E-state index in [0.29, 0.717) is 0 Å². The maximum Gasteiger partial charge on any atom is 0.0145 e. The zero-order valence-corrected chi connectivity index (χ0v) is 7.97. The van der Waals surface area contributed by atoms with Crippen LogP contribution in [0.1, 0.15) is 12.5 Å². The van der Waals surface area contributed by atoms with Crippen molar-refractivity contribution < 1.29 is 0 Å². The van der Waals surface area contributed by atoms with E-state index >= 15 is 0 Å². The van der Waals surface area contributed by atoms with E-state index in [9.17, 15) is 0 Å². The third kappa shape index (κ3) is 2.28. The summed E-state index contributed by atoms with van der Waals surface area (Å²) in [4.78, 5) is 1.26. The molecular weight excluding hydrogens is 164 g/mol. The van der Waals surface area contributed by atoms with Crippen LogP contribution in [0.15, 0.2) is 48.4 Å². The minimum absolute atomic E-state index is 1.25. The Morgan fingerprint density at radius 3 is 2.50 bits per heavy atom. The van der Waals surface area contributed by atoms with Gasteiger partial charge in [-0.3, -0.25) is 0 Å². The summed E-state index contributed by atoms with van der Waals surface area (Å²) in [6.07, 6.45) is 2.10. The molecule has 1 heteroatoms. The van der Waals surface area contributed by atoms with Gasteiger partial charge in [0.05, 0.1) is 0 Å². The first-order valence-electron chi connectivity index (χ1n) is 3.87. The molecule has 0 aliphatic carbocycles. The van der Waals surface area contributed by atoms with Crippen LogP contribution < -0.4 is 0 Å². The number of hydrogen-bond donors (Lipinski definition) is 0. The summed E-state index contributed by atoms with van der Waals surface area (Å²) >= 11 is 1.65. The molecule has 0 amide bonds. The first-order chi connectivity index (χ1) is 5.88. The van der Waals surface area contributed by atoms with Gasteiger partial charge in [0, 0.05) is 4.91 Å². The maximum absolute atomic E-state index is 3.70. The van der Waals surface area contributed by atoms with E-state index in [1.165, 1.54) is 10.5 Å². The predicted molar refractivity (Wildman–Crippen MR) is 57.9 cm³/mol. The lowest BCUT2D eigenvalue weighted by Gasteiger charge is -2.01. The molecule has 0 fully saturated rings. The molecule has 0 saturated carbocycles. The topological polar surface area (TPSA) is 0 Å². The molecule has 0 saturated heterocycles. The number of thioether (sulfide) groups is 1. The molecule has 0 spiro atoms. The first kappa shape index (κ1) is 9.14. The summed E-state index contributed by atoms with van der Waals surface area (Å²) in [6, 6.07) is 10.3. The van der Waals surface area contributed by atoms with Crippen molar-refractivity contribution in [1.29, 1.82) is 0 Å². The normalized spacial score (nSPS) is 11.2. The Kier molecular flexibility index (Phi) is 3.68. The standard InChI is InChI=1S/C11H12S/c1-3-11(12-4-2)10-8-6-5-7-9-10/h3-9H,2H2,1H3/b11-3-. The van der Waals surface area contributed by atoms with Crippen LogP contribution >= 0.6 is 11.8 Å². The fourth-order valence-electron chi connectivity index (χ4n) is 0.995. The average Bonchev–Trinajstić information content (AvgIpc) is 2.15. The predicted octanol–water partition coefficient (Wildman–Crippen LogP) is 3.92. The third-order valence-corrected chi connectivity index (χ3v) is 2.42. The van der Waals surface area contributed by atoms with Gasteiger partial charge >= 0.3 is 0 Å². The highest BCUT2D eigenvalue weighted by molar-refractivity contribution is 8.10. The Balaban J connectivity index is 2.88. The van der Waals surface area contributed by atoms with Crippen LogP contribution in [0.2, 0.25) is 0 Å². The fraction of sp³-hybridized carbons (Fsp3) is 0.0909. The quantitative estimate of drug-likeness (QED) is 0.672. The number of rotatable bonds is 3. The van der Waals surface area contributed by atoms with Crippen molar-refractivity contribution in [2.75, 3.05) is 0 Å². The largest absolute Gasteiger partial charge is 0.0984 e. The molecule has 12 heavy (non-hydrogen) atoms. The van der Waals surface area contributed by atoms with Crippen molar-refractivity contribution in [2.24, 2.45) is 0 Å². The Bertz CT molecular complexity index is 272. The second-order valence-corrected chi connectivity index (χ2v) is 3.31. The summed E-state index contributed by atoms with van der Waals surface area (Å²) in [7, 11) is 0. The van der Waals surface area contributed by atoms with Crippen molar-refractivity contribution in [1.82, 2.24) is 0 Å². The molecule has 0 atom stereocenters.